The van der Waals surface area contributed by atoms with Crippen LogP contribution in [0.25, 0.3) is 11.0 Å². The van der Waals surface area contributed by atoms with Crippen molar-refractivity contribution < 1.29 is 18.7 Å². The maximum absolute atomic E-state index is 13.7. The van der Waals surface area contributed by atoms with Gasteiger partial charge in [-0.25, -0.2) is 0 Å². The third-order valence-electron chi connectivity index (χ3n) is 6.64. The molecule has 3 heterocycles. The van der Waals surface area contributed by atoms with Gasteiger partial charge in [0, 0.05) is 26.2 Å². The maximum atomic E-state index is 13.7. The highest BCUT2D eigenvalue weighted by Gasteiger charge is 2.42. The minimum absolute atomic E-state index is 0.139. The Hall–Kier alpha value is -3.42. The molecule has 182 valence electrons. The van der Waals surface area contributed by atoms with Crippen molar-refractivity contribution in [2.24, 2.45) is 0 Å². The molecule has 3 aromatic rings. The van der Waals surface area contributed by atoms with E-state index in [0.717, 1.165) is 50.4 Å². The summed E-state index contributed by atoms with van der Waals surface area (Å²) in [7, 11) is 0. The fourth-order valence-corrected chi connectivity index (χ4v) is 4.93. The Balaban J connectivity index is 1.54. The van der Waals surface area contributed by atoms with Crippen LogP contribution in [0.5, 0.6) is 5.75 Å². The molecule has 2 aliphatic heterocycles. The van der Waals surface area contributed by atoms with Crippen molar-refractivity contribution in [3.8, 4) is 5.75 Å². The Labute approximate surface area is 204 Å². The molecule has 1 atom stereocenters. The lowest BCUT2D eigenvalue weighted by Gasteiger charge is -2.29. The summed E-state index contributed by atoms with van der Waals surface area (Å²) in [5.74, 6) is 0.557. The van der Waals surface area contributed by atoms with Crippen LogP contribution < -0.4 is 10.2 Å². The molecular formula is C28H30N2O5. The molecule has 35 heavy (non-hydrogen) atoms. The van der Waals surface area contributed by atoms with E-state index in [4.69, 9.17) is 13.9 Å². The predicted octanol–water partition coefficient (Wildman–Crippen LogP) is 3.93. The number of carbonyl (C=O) groups is 1. The number of carbonyl (C=O) groups excluding carboxylic acids is 1. The first-order valence-electron chi connectivity index (χ1n) is 12.1. The zero-order valence-electron chi connectivity index (χ0n) is 20.0. The van der Waals surface area contributed by atoms with Crippen molar-refractivity contribution >= 4 is 16.9 Å². The zero-order chi connectivity index (χ0) is 24.4. The van der Waals surface area contributed by atoms with Crippen LogP contribution in [0.3, 0.4) is 0 Å². The SMILES string of the molecule is C=CCOc1cccc(C2c3c(oc4ccc(C)cc4c3=O)C(=O)N2CCCN2CCOCC2)c1. The van der Waals surface area contributed by atoms with Crippen LogP contribution in [0.1, 0.15) is 39.7 Å². The number of benzene rings is 2. The number of morpholine rings is 1. The number of aryl methyl sites for hydroxylation is 1. The quantitative estimate of drug-likeness (QED) is 0.461. The molecule has 0 spiro atoms. The van der Waals surface area contributed by atoms with E-state index in [1.807, 2.05) is 43.3 Å². The molecule has 7 heteroatoms. The fourth-order valence-electron chi connectivity index (χ4n) is 4.93. The van der Waals surface area contributed by atoms with E-state index in [-0.39, 0.29) is 17.1 Å². The van der Waals surface area contributed by atoms with E-state index < -0.39 is 6.04 Å². The highest BCUT2D eigenvalue weighted by molar-refractivity contribution is 5.99. The second-order valence-corrected chi connectivity index (χ2v) is 9.05. The van der Waals surface area contributed by atoms with Gasteiger partial charge in [0.15, 0.2) is 5.43 Å². The smallest absolute Gasteiger partial charge is 0.290 e. The van der Waals surface area contributed by atoms with Gasteiger partial charge in [0.05, 0.1) is 30.2 Å². The van der Waals surface area contributed by atoms with Crippen molar-refractivity contribution in [1.82, 2.24) is 9.80 Å². The maximum Gasteiger partial charge on any atom is 0.290 e. The third-order valence-corrected chi connectivity index (χ3v) is 6.64. The minimum atomic E-state index is -0.532. The second-order valence-electron chi connectivity index (χ2n) is 9.05. The highest BCUT2D eigenvalue weighted by atomic mass is 16.5. The first-order valence-corrected chi connectivity index (χ1v) is 12.1. The highest BCUT2D eigenvalue weighted by Crippen LogP contribution is 2.39. The third kappa shape index (κ3) is 4.61. The Morgan fingerprint density at radius 3 is 2.74 bits per heavy atom. The molecular weight excluding hydrogens is 444 g/mol. The summed E-state index contributed by atoms with van der Waals surface area (Å²) < 4.78 is 17.2. The molecule has 5 rings (SSSR count). The van der Waals surface area contributed by atoms with E-state index >= 15 is 0 Å². The van der Waals surface area contributed by atoms with Crippen molar-refractivity contribution in [2.45, 2.75) is 19.4 Å². The van der Waals surface area contributed by atoms with Crippen LogP contribution in [-0.2, 0) is 4.74 Å². The summed E-state index contributed by atoms with van der Waals surface area (Å²) >= 11 is 0. The Morgan fingerprint density at radius 2 is 1.94 bits per heavy atom. The van der Waals surface area contributed by atoms with Gasteiger partial charge in [-0.2, -0.15) is 0 Å². The number of rotatable bonds is 8. The van der Waals surface area contributed by atoms with Gasteiger partial charge in [0.25, 0.3) is 5.91 Å². The van der Waals surface area contributed by atoms with Gasteiger partial charge in [0.1, 0.15) is 17.9 Å². The average molecular weight is 475 g/mol. The molecule has 2 aliphatic rings. The Kier molecular flexibility index (Phi) is 6.70. The lowest BCUT2D eigenvalue weighted by molar-refractivity contribution is 0.0353. The number of ether oxygens (including phenoxy) is 2. The van der Waals surface area contributed by atoms with Gasteiger partial charge in [-0.3, -0.25) is 14.5 Å². The second kappa shape index (κ2) is 10.1. The standard InChI is InChI=1S/C28H30N2O5/c1-3-14-34-21-7-4-6-20(18-21)25-24-26(31)22-17-19(2)8-9-23(22)35-27(24)28(32)30(25)11-5-10-29-12-15-33-16-13-29/h3-4,6-9,17-18,25H,1,5,10-16H2,2H3. The Morgan fingerprint density at radius 1 is 1.11 bits per heavy atom. The van der Waals surface area contributed by atoms with E-state index in [1.54, 1.807) is 17.0 Å². The van der Waals surface area contributed by atoms with Crippen LogP contribution in [0, 0.1) is 6.92 Å². The summed E-state index contributed by atoms with van der Waals surface area (Å²) in [4.78, 5) is 31.4. The van der Waals surface area contributed by atoms with Crippen molar-refractivity contribution in [3.63, 3.8) is 0 Å². The summed E-state index contributed by atoms with van der Waals surface area (Å²) in [6, 6.07) is 12.5. The van der Waals surface area contributed by atoms with E-state index in [0.29, 0.717) is 35.4 Å². The number of hydrogen-bond donors (Lipinski definition) is 0. The van der Waals surface area contributed by atoms with E-state index in [1.165, 1.54) is 0 Å². The fraction of sp³-hybridized carbons (Fsp3) is 0.357. The van der Waals surface area contributed by atoms with Crippen LogP contribution in [0.2, 0.25) is 0 Å². The molecule has 1 aromatic heterocycles. The number of hydrogen-bond acceptors (Lipinski definition) is 6. The molecule has 1 amide bonds. The van der Waals surface area contributed by atoms with Crippen molar-refractivity contribution in [3.05, 3.63) is 87.8 Å². The topological polar surface area (TPSA) is 72.2 Å². The summed E-state index contributed by atoms with van der Waals surface area (Å²) in [6.07, 6.45) is 2.47. The van der Waals surface area contributed by atoms with Crippen LogP contribution in [0.4, 0.5) is 0 Å². The van der Waals surface area contributed by atoms with Gasteiger partial charge in [-0.1, -0.05) is 36.4 Å². The van der Waals surface area contributed by atoms with Gasteiger partial charge in [0.2, 0.25) is 5.76 Å². The zero-order valence-corrected chi connectivity index (χ0v) is 20.0. The van der Waals surface area contributed by atoms with Crippen LogP contribution in [-0.4, -0.2) is 61.7 Å². The molecule has 0 aliphatic carbocycles. The lowest BCUT2D eigenvalue weighted by Crippen LogP contribution is -2.38. The predicted molar refractivity (Wildman–Crippen MR) is 134 cm³/mol. The minimum Gasteiger partial charge on any atom is -0.490 e. The average Bonchev–Trinajstić information content (AvgIpc) is 3.16. The first kappa shape index (κ1) is 23.3. The van der Waals surface area contributed by atoms with Crippen LogP contribution >= 0.6 is 0 Å². The van der Waals surface area contributed by atoms with Gasteiger partial charge < -0.3 is 18.8 Å². The molecule has 1 saturated heterocycles. The van der Waals surface area contributed by atoms with Crippen molar-refractivity contribution in [2.75, 3.05) is 46.0 Å². The van der Waals surface area contributed by atoms with Crippen LogP contribution in [0.15, 0.2) is 64.3 Å². The molecule has 0 radical (unpaired) electrons. The monoisotopic (exact) mass is 474 g/mol. The molecule has 1 fully saturated rings. The van der Waals surface area contributed by atoms with Crippen molar-refractivity contribution in [1.29, 1.82) is 0 Å². The van der Waals surface area contributed by atoms with Gasteiger partial charge in [-0.15, -0.1) is 0 Å². The number of fused-ring (bicyclic) bond motifs is 2. The molecule has 7 nitrogen and oxygen atoms in total. The molecule has 0 N–H and O–H groups in total. The van der Waals surface area contributed by atoms with Gasteiger partial charge in [-0.05, 0) is 43.2 Å². The summed E-state index contributed by atoms with van der Waals surface area (Å²) in [6.45, 7) is 10.6. The normalized spacial score (nSPS) is 18.1. The van der Waals surface area contributed by atoms with E-state index in [9.17, 15) is 9.59 Å². The summed E-state index contributed by atoms with van der Waals surface area (Å²) in [5.41, 5.74) is 2.47. The molecule has 2 aromatic carbocycles. The van der Waals surface area contributed by atoms with E-state index in [2.05, 4.69) is 11.5 Å². The number of amides is 1. The largest absolute Gasteiger partial charge is 0.490 e. The van der Waals surface area contributed by atoms with Gasteiger partial charge >= 0.3 is 0 Å². The first-order chi connectivity index (χ1) is 17.1. The molecule has 0 bridgehead atoms. The molecule has 1 unspecified atom stereocenters. The molecule has 0 saturated carbocycles. The lowest BCUT2D eigenvalue weighted by atomic mass is 9.98. The number of nitrogens with zero attached hydrogens (tertiary/aromatic N) is 2. The summed E-state index contributed by atoms with van der Waals surface area (Å²) in [5, 5.41) is 0.496. The Bertz CT molecular complexity index is 1310.